The Bertz CT molecular complexity index is 656. The van der Waals surface area contributed by atoms with Crippen LogP contribution in [0.1, 0.15) is 10.4 Å². The largest absolute Gasteiger partial charge is 0.367 e. The second kappa shape index (κ2) is 5.39. The highest BCUT2D eigenvalue weighted by Gasteiger charge is 2.15. The van der Waals surface area contributed by atoms with Crippen molar-refractivity contribution in [3.05, 3.63) is 47.8 Å². The van der Waals surface area contributed by atoms with Crippen LogP contribution in [-0.4, -0.2) is 16.9 Å². The molecule has 0 saturated heterocycles. The van der Waals surface area contributed by atoms with Crippen molar-refractivity contribution in [2.45, 2.75) is 0 Å². The van der Waals surface area contributed by atoms with E-state index in [-0.39, 0.29) is 5.56 Å². The molecule has 1 aromatic carbocycles. The molecule has 104 valence electrons. The number of hydrogen-bond acceptors (Lipinski definition) is 2. The van der Waals surface area contributed by atoms with Gasteiger partial charge in [0, 0.05) is 24.5 Å². The molecule has 0 saturated carbocycles. The predicted octanol–water partition coefficient (Wildman–Crippen LogP) is 2.04. The fraction of sp³-hybridized carbons (Fsp3) is 0. The number of aromatic amines is 1. The molecule has 0 radical (unpaired) electrons. The molecule has 0 aliphatic carbocycles. The maximum atomic E-state index is 14.0. The Kier molecular flexibility index (Phi) is 3.65. The number of primary amides is 1. The highest BCUT2D eigenvalue weighted by atomic mass is 19.1. The minimum absolute atomic E-state index is 0.248. The molecule has 0 unspecified atom stereocenters. The van der Waals surface area contributed by atoms with Crippen molar-refractivity contribution in [1.82, 2.24) is 4.98 Å². The minimum atomic E-state index is -1.04. The quantitative estimate of drug-likeness (QED) is 0.691. The van der Waals surface area contributed by atoms with E-state index in [1.807, 2.05) is 5.32 Å². The minimum Gasteiger partial charge on any atom is -0.367 e. The Morgan fingerprint density at radius 3 is 2.35 bits per heavy atom. The van der Waals surface area contributed by atoms with E-state index >= 15 is 0 Å². The zero-order chi connectivity index (χ0) is 14.7. The van der Waals surface area contributed by atoms with E-state index in [4.69, 9.17) is 5.73 Å². The number of halogens is 2. The van der Waals surface area contributed by atoms with Crippen LogP contribution in [0.2, 0.25) is 0 Å². The number of hydrogen-bond donors (Lipinski definition) is 4. The van der Waals surface area contributed by atoms with Gasteiger partial charge in [-0.3, -0.25) is 4.79 Å². The average Bonchev–Trinajstić information content (AvgIpc) is 2.88. The van der Waals surface area contributed by atoms with Crippen LogP contribution in [0, 0.1) is 11.6 Å². The SMILES string of the molecule is NC(=O)Nc1cc(F)cc(NC(=O)c2cc[nH]c2)c1F. The molecule has 5 N–H and O–H groups in total. The lowest BCUT2D eigenvalue weighted by Gasteiger charge is -2.10. The first kappa shape index (κ1) is 13.5. The van der Waals surface area contributed by atoms with Crippen LogP contribution >= 0.6 is 0 Å². The van der Waals surface area contributed by atoms with Crippen LogP contribution in [0.4, 0.5) is 25.0 Å². The highest BCUT2D eigenvalue weighted by molar-refractivity contribution is 6.04. The summed E-state index contributed by atoms with van der Waals surface area (Å²) in [5.41, 5.74) is 4.23. The van der Waals surface area contributed by atoms with E-state index in [1.54, 1.807) is 0 Å². The van der Waals surface area contributed by atoms with Gasteiger partial charge in [0.2, 0.25) is 0 Å². The molecule has 3 amide bonds. The topological polar surface area (TPSA) is 100 Å². The summed E-state index contributed by atoms with van der Waals surface area (Å²) in [6.07, 6.45) is 2.91. The summed E-state index contributed by atoms with van der Waals surface area (Å²) in [7, 11) is 0. The molecule has 8 heteroatoms. The molecule has 0 aliphatic heterocycles. The molecule has 0 bridgehead atoms. The van der Waals surface area contributed by atoms with Crippen LogP contribution in [0.25, 0.3) is 0 Å². The number of aromatic nitrogens is 1. The standard InChI is InChI=1S/C12H10F2N4O2/c13-7-3-8(10(14)9(4-7)18-12(15)20)17-11(19)6-1-2-16-5-6/h1-5,16H,(H,17,19)(H3,15,18,20). The smallest absolute Gasteiger partial charge is 0.316 e. The molecule has 2 aromatic rings. The van der Waals surface area contributed by atoms with Gasteiger partial charge in [0.25, 0.3) is 5.91 Å². The third-order valence-electron chi connectivity index (χ3n) is 2.40. The van der Waals surface area contributed by atoms with Gasteiger partial charge < -0.3 is 21.4 Å². The van der Waals surface area contributed by atoms with E-state index < -0.39 is 34.9 Å². The van der Waals surface area contributed by atoms with Gasteiger partial charge >= 0.3 is 6.03 Å². The van der Waals surface area contributed by atoms with Crippen molar-refractivity contribution >= 4 is 23.3 Å². The summed E-state index contributed by atoms with van der Waals surface area (Å²) in [5, 5.41) is 4.13. The molecular weight excluding hydrogens is 270 g/mol. The molecule has 1 heterocycles. The number of amides is 3. The molecule has 6 nitrogen and oxygen atoms in total. The van der Waals surface area contributed by atoms with E-state index in [0.29, 0.717) is 0 Å². The van der Waals surface area contributed by atoms with Gasteiger partial charge in [-0.2, -0.15) is 0 Å². The first-order chi connectivity index (χ1) is 9.47. The van der Waals surface area contributed by atoms with Crippen molar-refractivity contribution in [2.75, 3.05) is 10.6 Å². The number of anilines is 2. The van der Waals surface area contributed by atoms with Crippen LogP contribution in [0.3, 0.4) is 0 Å². The maximum Gasteiger partial charge on any atom is 0.316 e. The van der Waals surface area contributed by atoms with Gasteiger partial charge in [-0.1, -0.05) is 0 Å². The van der Waals surface area contributed by atoms with Crippen LogP contribution in [0.5, 0.6) is 0 Å². The van der Waals surface area contributed by atoms with Crippen molar-refractivity contribution in [2.24, 2.45) is 5.73 Å². The maximum absolute atomic E-state index is 14.0. The van der Waals surface area contributed by atoms with Gasteiger partial charge in [-0.15, -0.1) is 0 Å². The molecule has 0 atom stereocenters. The lowest BCUT2D eigenvalue weighted by molar-refractivity contribution is 0.102. The highest BCUT2D eigenvalue weighted by Crippen LogP contribution is 2.24. The molecule has 0 aliphatic rings. The van der Waals surface area contributed by atoms with Gasteiger partial charge in [-0.05, 0) is 6.07 Å². The first-order valence-corrected chi connectivity index (χ1v) is 5.47. The number of rotatable bonds is 3. The zero-order valence-electron chi connectivity index (χ0n) is 10.0. The van der Waals surface area contributed by atoms with Gasteiger partial charge in [0.1, 0.15) is 5.82 Å². The van der Waals surface area contributed by atoms with Crippen LogP contribution < -0.4 is 16.4 Å². The molecule has 20 heavy (non-hydrogen) atoms. The van der Waals surface area contributed by atoms with E-state index in [9.17, 15) is 18.4 Å². The monoisotopic (exact) mass is 280 g/mol. The number of carbonyl (C=O) groups is 2. The average molecular weight is 280 g/mol. The predicted molar refractivity (Wildman–Crippen MR) is 68.3 cm³/mol. The van der Waals surface area contributed by atoms with Crippen molar-refractivity contribution in [3.63, 3.8) is 0 Å². The van der Waals surface area contributed by atoms with E-state index in [1.165, 1.54) is 18.5 Å². The van der Waals surface area contributed by atoms with Crippen molar-refractivity contribution in [3.8, 4) is 0 Å². The van der Waals surface area contributed by atoms with Crippen LogP contribution in [0.15, 0.2) is 30.6 Å². The Balaban J connectivity index is 2.29. The summed E-state index contributed by atoms with van der Waals surface area (Å²) in [6, 6.07) is 1.98. The summed E-state index contributed by atoms with van der Waals surface area (Å²) in [4.78, 5) is 25.1. The molecule has 2 rings (SSSR count). The van der Waals surface area contributed by atoms with Crippen molar-refractivity contribution < 1.29 is 18.4 Å². The lowest BCUT2D eigenvalue weighted by Crippen LogP contribution is -2.21. The summed E-state index contributed by atoms with van der Waals surface area (Å²) >= 11 is 0. The lowest BCUT2D eigenvalue weighted by atomic mass is 10.2. The Morgan fingerprint density at radius 2 is 1.80 bits per heavy atom. The third kappa shape index (κ3) is 2.91. The van der Waals surface area contributed by atoms with Crippen molar-refractivity contribution in [1.29, 1.82) is 0 Å². The second-order valence-corrected chi connectivity index (χ2v) is 3.86. The number of urea groups is 1. The summed E-state index contributed by atoms with van der Waals surface area (Å²) in [6.45, 7) is 0. The number of nitrogens with one attached hydrogen (secondary N) is 3. The number of benzene rings is 1. The molecule has 0 spiro atoms. The van der Waals surface area contributed by atoms with Gasteiger partial charge in [0.05, 0.1) is 16.9 Å². The molecule has 1 aromatic heterocycles. The summed E-state index contributed by atoms with van der Waals surface area (Å²) in [5.74, 6) is -2.45. The second-order valence-electron chi connectivity index (χ2n) is 3.86. The molecular formula is C12H10F2N4O2. The number of H-pyrrole nitrogens is 1. The Hall–Kier alpha value is -2.90. The van der Waals surface area contributed by atoms with Gasteiger partial charge in [-0.25, -0.2) is 13.6 Å². The zero-order valence-corrected chi connectivity index (χ0v) is 10.0. The Morgan fingerprint density at radius 1 is 1.15 bits per heavy atom. The van der Waals surface area contributed by atoms with Gasteiger partial charge in [0.15, 0.2) is 5.82 Å². The molecule has 0 fully saturated rings. The van der Waals surface area contributed by atoms with Crippen LogP contribution in [-0.2, 0) is 0 Å². The van der Waals surface area contributed by atoms with E-state index in [2.05, 4.69) is 10.3 Å². The fourth-order valence-corrected chi connectivity index (χ4v) is 1.56. The summed E-state index contributed by atoms with van der Waals surface area (Å²) < 4.78 is 27.3. The normalized spacial score (nSPS) is 10.1. The Labute approximate surface area is 112 Å². The number of carbonyl (C=O) groups excluding carboxylic acids is 2. The van der Waals surface area contributed by atoms with E-state index in [0.717, 1.165) is 12.1 Å². The third-order valence-corrected chi connectivity index (χ3v) is 2.40. The fourth-order valence-electron chi connectivity index (χ4n) is 1.56. The number of nitrogens with two attached hydrogens (primary N) is 1. The first-order valence-electron chi connectivity index (χ1n) is 5.47.